The number of rotatable bonds is 4. The molecule has 0 saturated carbocycles. The van der Waals surface area contributed by atoms with Crippen LogP contribution >= 0.6 is 0 Å². The quantitative estimate of drug-likeness (QED) is 0.486. The van der Waals surface area contributed by atoms with Gasteiger partial charge in [0, 0.05) is 36.1 Å². The van der Waals surface area contributed by atoms with Crippen molar-refractivity contribution >= 4 is 11.0 Å². The average Bonchev–Trinajstić information content (AvgIpc) is 3.07. The molecule has 3 heterocycles. The van der Waals surface area contributed by atoms with Crippen LogP contribution in [0, 0.1) is 17.7 Å². The van der Waals surface area contributed by atoms with Crippen molar-refractivity contribution in [2.45, 2.75) is 13.3 Å². The Kier molecular flexibility index (Phi) is 5.03. The van der Waals surface area contributed by atoms with E-state index in [2.05, 4.69) is 21.8 Å². The molecule has 0 aliphatic heterocycles. The van der Waals surface area contributed by atoms with Crippen LogP contribution in [0.3, 0.4) is 0 Å². The number of pyridine rings is 2. The lowest BCUT2D eigenvalue weighted by molar-refractivity contribution is 0.154. The maximum atomic E-state index is 13.5. The van der Waals surface area contributed by atoms with Crippen LogP contribution in [-0.2, 0) is 0 Å². The highest BCUT2D eigenvalue weighted by Gasteiger charge is 2.22. The summed E-state index contributed by atoms with van der Waals surface area (Å²) in [6, 6.07) is 14.1. The molecule has 0 unspecified atom stereocenters. The summed E-state index contributed by atoms with van der Waals surface area (Å²) in [5.74, 6) is 5.74. The van der Waals surface area contributed by atoms with Crippen molar-refractivity contribution in [2.75, 3.05) is 6.61 Å². The second-order valence-corrected chi connectivity index (χ2v) is 6.11. The SMILES string of the molecule is CCC#CCOn1c(-c2ccncc2)c(-c2ccc(F)cc2)c2ncccc21. The highest BCUT2D eigenvalue weighted by atomic mass is 19.1. The lowest BCUT2D eigenvalue weighted by Gasteiger charge is -2.12. The largest absolute Gasteiger partial charge is 0.400 e. The fraction of sp³-hybridized carbons (Fsp3) is 0.130. The number of aromatic nitrogens is 3. The fourth-order valence-corrected chi connectivity index (χ4v) is 3.16. The smallest absolute Gasteiger partial charge is 0.175 e. The van der Waals surface area contributed by atoms with Gasteiger partial charge in [-0.2, -0.15) is 4.73 Å². The minimum atomic E-state index is -0.281. The molecule has 3 aromatic heterocycles. The molecule has 0 bridgehead atoms. The first kappa shape index (κ1) is 17.7. The van der Waals surface area contributed by atoms with Crippen molar-refractivity contribution < 1.29 is 9.23 Å². The molecule has 4 aromatic rings. The highest BCUT2D eigenvalue weighted by molar-refractivity contribution is 6.01. The molecule has 1 aromatic carbocycles. The molecule has 4 rings (SSSR count). The summed E-state index contributed by atoms with van der Waals surface area (Å²) in [5, 5.41) is 0. The molecule has 5 heteroatoms. The Morgan fingerprint density at radius 3 is 2.50 bits per heavy atom. The lowest BCUT2D eigenvalue weighted by Crippen LogP contribution is -2.13. The van der Waals surface area contributed by atoms with Gasteiger partial charge in [0.1, 0.15) is 16.9 Å². The predicted molar refractivity (Wildman–Crippen MR) is 108 cm³/mol. The van der Waals surface area contributed by atoms with Gasteiger partial charge < -0.3 is 4.84 Å². The molecule has 0 saturated heterocycles. The normalized spacial score (nSPS) is 10.5. The van der Waals surface area contributed by atoms with E-state index in [1.165, 1.54) is 12.1 Å². The van der Waals surface area contributed by atoms with Crippen molar-refractivity contribution in [1.29, 1.82) is 0 Å². The number of fused-ring (bicyclic) bond motifs is 1. The standard InChI is InChI=1S/C23H18FN3O/c1-2-3-4-16-28-27-20-6-5-13-26-22(20)21(17-7-9-19(24)10-8-17)23(27)18-11-14-25-15-12-18/h5-15H,2,16H2,1H3. The Balaban J connectivity index is 1.99. The molecule has 0 radical (unpaired) electrons. The van der Waals surface area contributed by atoms with Crippen LogP contribution in [0.25, 0.3) is 33.4 Å². The zero-order valence-electron chi connectivity index (χ0n) is 15.4. The summed E-state index contributed by atoms with van der Waals surface area (Å²) < 4.78 is 15.3. The zero-order chi connectivity index (χ0) is 19.3. The van der Waals surface area contributed by atoms with Crippen LogP contribution in [0.1, 0.15) is 13.3 Å². The van der Waals surface area contributed by atoms with Crippen LogP contribution in [-0.4, -0.2) is 21.3 Å². The van der Waals surface area contributed by atoms with Crippen LogP contribution in [0.15, 0.2) is 67.1 Å². The van der Waals surface area contributed by atoms with E-state index in [-0.39, 0.29) is 12.4 Å². The van der Waals surface area contributed by atoms with Gasteiger partial charge in [-0.25, -0.2) is 4.39 Å². The molecule has 0 N–H and O–H groups in total. The van der Waals surface area contributed by atoms with Crippen molar-refractivity contribution in [3.05, 3.63) is 72.9 Å². The third kappa shape index (κ3) is 3.33. The molecule has 4 nitrogen and oxygen atoms in total. The first-order valence-electron chi connectivity index (χ1n) is 9.04. The molecule has 138 valence electrons. The third-order valence-electron chi connectivity index (χ3n) is 4.34. The Morgan fingerprint density at radius 1 is 0.964 bits per heavy atom. The monoisotopic (exact) mass is 371 g/mol. The van der Waals surface area contributed by atoms with E-state index >= 15 is 0 Å². The second-order valence-electron chi connectivity index (χ2n) is 6.11. The molecular weight excluding hydrogens is 353 g/mol. The molecule has 0 fully saturated rings. The molecule has 0 aliphatic rings. The average molecular weight is 371 g/mol. The van der Waals surface area contributed by atoms with Gasteiger partial charge in [-0.1, -0.05) is 30.9 Å². The molecule has 0 amide bonds. The Bertz CT molecular complexity index is 1160. The van der Waals surface area contributed by atoms with E-state index in [0.717, 1.165) is 39.8 Å². The third-order valence-corrected chi connectivity index (χ3v) is 4.34. The van der Waals surface area contributed by atoms with Gasteiger partial charge in [-0.05, 0) is 42.0 Å². The van der Waals surface area contributed by atoms with Gasteiger partial charge >= 0.3 is 0 Å². The van der Waals surface area contributed by atoms with E-state index in [1.54, 1.807) is 35.5 Å². The second kappa shape index (κ2) is 7.93. The number of hydrogen-bond acceptors (Lipinski definition) is 3. The van der Waals surface area contributed by atoms with Crippen molar-refractivity contribution in [1.82, 2.24) is 14.7 Å². The minimum absolute atomic E-state index is 0.257. The summed E-state index contributed by atoms with van der Waals surface area (Å²) in [7, 11) is 0. The van der Waals surface area contributed by atoms with Crippen molar-refractivity contribution in [2.24, 2.45) is 0 Å². The number of nitrogens with zero attached hydrogens (tertiary/aromatic N) is 3. The molecule has 0 atom stereocenters. The summed E-state index contributed by atoms with van der Waals surface area (Å²) in [4.78, 5) is 14.7. The van der Waals surface area contributed by atoms with Gasteiger partial charge in [0.25, 0.3) is 0 Å². The van der Waals surface area contributed by atoms with E-state index in [0.29, 0.717) is 0 Å². The summed E-state index contributed by atoms with van der Waals surface area (Å²) in [6.07, 6.45) is 5.98. The molecular formula is C23H18FN3O. The molecule has 28 heavy (non-hydrogen) atoms. The number of hydrogen-bond donors (Lipinski definition) is 0. The Hall–Kier alpha value is -3.65. The number of halogens is 1. The molecule has 0 spiro atoms. The van der Waals surface area contributed by atoms with Gasteiger partial charge in [0.15, 0.2) is 6.61 Å². The van der Waals surface area contributed by atoms with Crippen LogP contribution in [0.5, 0.6) is 0 Å². The summed E-state index contributed by atoms with van der Waals surface area (Å²) >= 11 is 0. The van der Waals surface area contributed by atoms with Crippen LogP contribution in [0.4, 0.5) is 4.39 Å². The maximum Gasteiger partial charge on any atom is 0.175 e. The van der Waals surface area contributed by atoms with Gasteiger partial charge in [0.2, 0.25) is 0 Å². The summed E-state index contributed by atoms with van der Waals surface area (Å²) in [5.41, 5.74) is 5.11. The Labute approximate surface area is 162 Å². The van der Waals surface area contributed by atoms with Crippen LogP contribution in [0.2, 0.25) is 0 Å². The van der Waals surface area contributed by atoms with E-state index in [9.17, 15) is 4.39 Å². The first-order chi connectivity index (χ1) is 13.8. The first-order valence-corrected chi connectivity index (χ1v) is 9.04. The van der Waals surface area contributed by atoms with Gasteiger partial charge in [-0.15, -0.1) is 0 Å². The minimum Gasteiger partial charge on any atom is -0.400 e. The van der Waals surface area contributed by atoms with Crippen LogP contribution < -0.4 is 4.84 Å². The topological polar surface area (TPSA) is 39.9 Å². The van der Waals surface area contributed by atoms with E-state index in [4.69, 9.17) is 4.84 Å². The zero-order valence-corrected chi connectivity index (χ0v) is 15.4. The molecule has 0 aliphatic carbocycles. The predicted octanol–water partition coefficient (Wildman–Crippen LogP) is 4.75. The fourth-order valence-electron chi connectivity index (χ4n) is 3.16. The highest BCUT2D eigenvalue weighted by Crippen LogP contribution is 2.39. The van der Waals surface area contributed by atoms with Gasteiger partial charge in [-0.3, -0.25) is 9.97 Å². The van der Waals surface area contributed by atoms with Crippen molar-refractivity contribution in [3.63, 3.8) is 0 Å². The van der Waals surface area contributed by atoms with Gasteiger partial charge in [0.05, 0.1) is 5.69 Å². The summed E-state index contributed by atoms with van der Waals surface area (Å²) in [6.45, 7) is 2.25. The van der Waals surface area contributed by atoms with E-state index in [1.807, 2.05) is 31.2 Å². The maximum absolute atomic E-state index is 13.5. The van der Waals surface area contributed by atoms with E-state index < -0.39 is 0 Å². The number of benzene rings is 1. The Morgan fingerprint density at radius 2 is 1.75 bits per heavy atom. The lowest BCUT2D eigenvalue weighted by atomic mass is 10.0. The van der Waals surface area contributed by atoms with Crippen molar-refractivity contribution in [3.8, 4) is 34.2 Å².